The number of hydrogen-bond donors (Lipinski definition) is 2. The summed E-state index contributed by atoms with van der Waals surface area (Å²) in [7, 11) is -2.73. The number of ether oxygens (including phenoxy) is 1. The average Bonchev–Trinajstić information content (AvgIpc) is 2.85. The van der Waals surface area contributed by atoms with Crippen molar-refractivity contribution in [2.24, 2.45) is 0 Å². The number of hydrogen-bond acceptors (Lipinski definition) is 9. The third-order valence-corrected chi connectivity index (χ3v) is 4.78. The standard InChI is InChI=1S/C9H9N5O5S2/c1-19-7-3-2-5(4-6(7)14(15)16)13-21(17,18)9-12-11-8(10)20-9/h2-4,13H,1H3,(H2,10,11). The topological polar surface area (TPSA) is 150 Å². The van der Waals surface area contributed by atoms with Gasteiger partial charge in [-0.05, 0) is 12.1 Å². The minimum atomic E-state index is -4.00. The van der Waals surface area contributed by atoms with Crippen molar-refractivity contribution in [1.29, 1.82) is 0 Å². The van der Waals surface area contributed by atoms with Gasteiger partial charge in [-0.25, -0.2) is 0 Å². The lowest BCUT2D eigenvalue weighted by atomic mass is 10.2. The molecule has 0 fully saturated rings. The molecule has 0 aliphatic rings. The van der Waals surface area contributed by atoms with Crippen LogP contribution in [0, 0.1) is 10.1 Å². The van der Waals surface area contributed by atoms with Crippen molar-refractivity contribution in [1.82, 2.24) is 10.2 Å². The summed E-state index contributed by atoms with van der Waals surface area (Å²) in [5.41, 5.74) is 4.95. The minimum Gasteiger partial charge on any atom is -0.490 e. The third kappa shape index (κ3) is 3.17. The highest BCUT2D eigenvalue weighted by Crippen LogP contribution is 2.31. The van der Waals surface area contributed by atoms with Gasteiger partial charge in [-0.3, -0.25) is 14.8 Å². The smallest absolute Gasteiger partial charge is 0.312 e. The summed E-state index contributed by atoms with van der Waals surface area (Å²) >= 11 is 0.679. The quantitative estimate of drug-likeness (QED) is 0.604. The van der Waals surface area contributed by atoms with Crippen LogP contribution in [0.3, 0.4) is 0 Å². The van der Waals surface area contributed by atoms with Gasteiger partial charge in [-0.15, -0.1) is 10.2 Å². The number of nitro benzene ring substituents is 1. The highest BCUT2D eigenvalue weighted by atomic mass is 32.2. The Morgan fingerprint density at radius 2 is 2.14 bits per heavy atom. The van der Waals surface area contributed by atoms with Gasteiger partial charge < -0.3 is 10.5 Å². The Kier molecular flexibility index (Phi) is 3.90. The van der Waals surface area contributed by atoms with Crippen molar-refractivity contribution in [3.63, 3.8) is 0 Å². The molecule has 3 N–H and O–H groups in total. The summed E-state index contributed by atoms with van der Waals surface area (Å²) in [5, 5.41) is 17.7. The Balaban J connectivity index is 2.36. The molecule has 1 heterocycles. The normalized spacial score (nSPS) is 11.1. The van der Waals surface area contributed by atoms with Crippen LogP contribution in [-0.4, -0.2) is 30.6 Å². The van der Waals surface area contributed by atoms with Crippen molar-refractivity contribution in [3.8, 4) is 5.75 Å². The van der Waals surface area contributed by atoms with Crippen molar-refractivity contribution in [2.75, 3.05) is 17.6 Å². The second-order valence-electron chi connectivity index (χ2n) is 3.66. The zero-order valence-electron chi connectivity index (χ0n) is 10.5. The van der Waals surface area contributed by atoms with Crippen molar-refractivity contribution >= 4 is 37.9 Å². The molecular weight excluding hydrogens is 322 g/mol. The van der Waals surface area contributed by atoms with Gasteiger partial charge >= 0.3 is 5.69 Å². The summed E-state index contributed by atoms with van der Waals surface area (Å²) in [6, 6.07) is 3.65. The van der Waals surface area contributed by atoms with Gasteiger partial charge in [-0.2, -0.15) is 8.42 Å². The van der Waals surface area contributed by atoms with Crippen LogP contribution >= 0.6 is 11.3 Å². The van der Waals surface area contributed by atoms with Crippen LogP contribution in [-0.2, 0) is 10.0 Å². The van der Waals surface area contributed by atoms with E-state index in [2.05, 4.69) is 14.9 Å². The molecule has 0 saturated heterocycles. The van der Waals surface area contributed by atoms with Crippen LogP contribution in [0.5, 0.6) is 5.75 Å². The first-order chi connectivity index (χ1) is 9.83. The van der Waals surface area contributed by atoms with E-state index >= 15 is 0 Å². The van der Waals surface area contributed by atoms with Crippen LogP contribution in [0.25, 0.3) is 0 Å². The Morgan fingerprint density at radius 3 is 2.67 bits per heavy atom. The fourth-order valence-electron chi connectivity index (χ4n) is 1.42. The highest BCUT2D eigenvalue weighted by Gasteiger charge is 2.22. The largest absolute Gasteiger partial charge is 0.490 e. The average molecular weight is 331 g/mol. The van der Waals surface area contributed by atoms with E-state index < -0.39 is 14.9 Å². The highest BCUT2D eigenvalue weighted by molar-refractivity contribution is 7.94. The second kappa shape index (κ2) is 5.49. The van der Waals surface area contributed by atoms with Crippen molar-refractivity contribution in [3.05, 3.63) is 28.3 Å². The maximum atomic E-state index is 12.0. The predicted molar refractivity (Wildman–Crippen MR) is 74.8 cm³/mol. The fourth-order valence-corrected chi connectivity index (χ4v) is 3.26. The van der Waals surface area contributed by atoms with Crippen LogP contribution in [0.15, 0.2) is 22.5 Å². The molecule has 2 aromatic rings. The Hall–Kier alpha value is -2.47. The number of anilines is 2. The first-order valence-electron chi connectivity index (χ1n) is 5.27. The number of nitrogen functional groups attached to an aromatic ring is 1. The van der Waals surface area contributed by atoms with Gasteiger partial charge in [0.2, 0.25) is 5.13 Å². The maximum absolute atomic E-state index is 12.0. The summed E-state index contributed by atoms with van der Waals surface area (Å²) in [6.45, 7) is 0. The number of rotatable bonds is 5. The molecule has 112 valence electrons. The Bertz CT molecular complexity index is 788. The zero-order valence-corrected chi connectivity index (χ0v) is 12.1. The van der Waals surface area contributed by atoms with E-state index in [4.69, 9.17) is 10.5 Å². The van der Waals surface area contributed by atoms with Crippen LogP contribution in [0.1, 0.15) is 0 Å². The predicted octanol–water partition coefficient (Wildman–Crippen LogP) is 0.838. The SMILES string of the molecule is COc1ccc(NS(=O)(=O)c2nnc(N)s2)cc1[N+](=O)[O-]. The number of benzene rings is 1. The number of nitrogens with zero attached hydrogens (tertiary/aromatic N) is 3. The molecule has 0 amide bonds. The molecule has 0 saturated carbocycles. The molecule has 0 atom stereocenters. The molecule has 0 spiro atoms. The molecule has 1 aromatic carbocycles. The lowest BCUT2D eigenvalue weighted by Crippen LogP contribution is -2.13. The second-order valence-corrected chi connectivity index (χ2v) is 6.52. The first-order valence-corrected chi connectivity index (χ1v) is 7.57. The summed E-state index contributed by atoms with van der Waals surface area (Å²) in [6.07, 6.45) is 0. The van der Waals surface area contributed by atoms with Gasteiger partial charge in [0.15, 0.2) is 5.75 Å². The first kappa shape index (κ1) is 14.9. The molecule has 0 aliphatic carbocycles. The van der Waals surface area contributed by atoms with Gasteiger partial charge in [0.1, 0.15) is 0 Å². The number of nitrogens with one attached hydrogen (secondary N) is 1. The number of aromatic nitrogens is 2. The van der Waals surface area contributed by atoms with Gasteiger partial charge in [0.05, 0.1) is 17.7 Å². The lowest BCUT2D eigenvalue weighted by Gasteiger charge is -2.06. The number of methoxy groups -OCH3 is 1. The van der Waals surface area contributed by atoms with Crippen LogP contribution in [0.2, 0.25) is 0 Å². The maximum Gasteiger partial charge on any atom is 0.312 e. The van der Waals surface area contributed by atoms with E-state index in [0.29, 0.717) is 11.3 Å². The van der Waals surface area contributed by atoms with Crippen LogP contribution < -0.4 is 15.2 Å². The van der Waals surface area contributed by atoms with Gasteiger partial charge in [-0.1, -0.05) is 11.3 Å². The third-order valence-electron chi connectivity index (χ3n) is 2.28. The zero-order chi connectivity index (χ0) is 15.6. The molecule has 1 aromatic heterocycles. The molecule has 21 heavy (non-hydrogen) atoms. The molecule has 10 nitrogen and oxygen atoms in total. The number of nitro groups is 1. The van der Waals surface area contributed by atoms with E-state index in [1.807, 2.05) is 0 Å². The van der Waals surface area contributed by atoms with E-state index in [1.165, 1.54) is 19.2 Å². The molecule has 0 aliphatic heterocycles. The van der Waals surface area contributed by atoms with Gasteiger partial charge in [0.25, 0.3) is 14.4 Å². The summed E-state index contributed by atoms with van der Waals surface area (Å²) in [5.74, 6) is 0.0168. The fraction of sp³-hybridized carbons (Fsp3) is 0.111. The number of sulfonamides is 1. The van der Waals surface area contributed by atoms with E-state index in [-0.39, 0.29) is 26.6 Å². The number of nitrogens with two attached hydrogens (primary N) is 1. The van der Waals surface area contributed by atoms with E-state index in [9.17, 15) is 18.5 Å². The molecule has 0 bridgehead atoms. The molecule has 12 heteroatoms. The van der Waals surface area contributed by atoms with E-state index in [1.54, 1.807) is 0 Å². The summed E-state index contributed by atoms with van der Waals surface area (Å²) in [4.78, 5) is 10.2. The molecule has 2 rings (SSSR count). The van der Waals surface area contributed by atoms with Crippen molar-refractivity contribution < 1.29 is 18.1 Å². The minimum absolute atomic E-state index is 0.00345. The molecular formula is C9H9N5O5S2. The molecule has 0 radical (unpaired) electrons. The molecule has 0 unspecified atom stereocenters. The van der Waals surface area contributed by atoms with Gasteiger partial charge in [0, 0.05) is 6.07 Å². The van der Waals surface area contributed by atoms with E-state index in [0.717, 1.165) is 6.07 Å². The Morgan fingerprint density at radius 1 is 1.43 bits per heavy atom. The monoisotopic (exact) mass is 331 g/mol. The lowest BCUT2D eigenvalue weighted by molar-refractivity contribution is -0.385. The Labute approximate surface area is 122 Å². The van der Waals surface area contributed by atoms with Crippen molar-refractivity contribution in [2.45, 2.75) is 4.34 Å². The van der Waals surface area contributed by atoms with Crippen LogP contribution in [0.4, 0.5) is 16.5 Å². The summed E-state index contributed by atoms with van der Waals surface area (Å²) < 4.78 is 30.6.